The van der Waals surface area contributed by atoms with Gasteiger partial charge in [-0.15, -0.1) is 10.2 Å². The summed E-state index contributed by atoms with van der Waals surface area (Å²) in [6.45, 7) is 6.46. The minimum Gasteiger partial charge on any atom is -0.353 e. The molecule has 0 aliphatic carbocycles. The zero-order valence-electron chi connectivity index (χ0n) is 11.0. The third-order valence-electron chi connectivity index (χ3n) is 3.19. The van der Waals surface area contributed by atoms with E-state index >= 15 is 0 Å². The third kappa shape index (κ3) is 3.07. The molecule has 1 aliphatic rings. The van der Waals surface area contributed by atoms with Crippen LogP contribution < -0.4 is 10.6 Å². The Bertz CT molecular complexity index is 395. The van der Waals surface area contributed by atoms with Gasteiger partial charge in [-0.3, -0.25) is 4.79 Å². The lowest BCUT2D eigenvalue weighted by Gasteiger charge is -2.12. The van der Waals surface area contributed by atoms with Gasteiger partial charge in [0.15, 0.2) is 0 Å². The van der Waals surface area contributed by atoms with Gasteiger partial charge in [-0.05, 0) is 19.4 Å². The van der Waals surface area contributed by atoms with E-state index in [4.69, 9.17) is 0 Å². The highest BCUT2D eigenvalue weighted by Crippen LogP contribution is 2.09. The maximum Gasteiger partial charge on any atom is 0.237 e. The number of carbonyl (C=O) groups excluding carboxylic acids is 1. The Labute approximate surface area is 107 Å². The van der Waals surface area contributed by atoms with Crippen molar-refractivity contribution < 1.29 is 4.79 Å². The molecule has 2 N–H and O–H groups in total. The van der Waals surface area contributed by atoms with E-state index in [0.717, 1.165) is 31.8 Å². The minimum absolute atomic E-state index is 0.00418. The van der Waals surface area contributed by atoms with Gasteiger partial charge in [0.25, 0.3) is 0 Å². The molecule has 2 heterocycles. The van der Waals surface area contributed by atoms with Crippen LogP contribution in [-0.4, -0.2) is 39.8 Å². The second-order valence-corrected chi connectivity index (χ2v) is 4.98. The highest BCUT2D eigenvalue weighted by molar-refractivity contribution is 5.81. The number of nitrogens with one attached hydrogen (secondary N) is 2. The van der Waals surface area contributed by atoms with Crippen molar-refractivity contribution in [3.05, 3.63) is 12.2 Å². The third-order valence-corrected chi connectivity index (χ3v) is 3.19. The Balaban J connectivity index is 1.77. The lowest BCUT2D eigenvalue weighted by Crippen LogP contribution is -2.41. The molecule has 0 saturated carbocycles. The molecule has 1 aliphatic heterocycles. The second-order valence-electron chi connectivity index (χ2n) is 4.98. The van der Waals surface area contributed by atoms with Crippen molar-refractivity contribution in [1.82, 2.24) is 25.4 Å². The Kier molecular flexibility index (Phi) is 4.30. The Morgan fingerprint density at radius 3 is 3.17 bits per heavy atom. The van der Waals surface area contributed by atoms with Gasteiger partial charge >= 0.3 is 0 Å². The van der Waals surface area contributed by atoms with Crippen molar-refractivity contribution in [2.45, 2.75) is 45.2 Å². The zero-order chi connectivity index (χ0) is 13.0. The summed E-state index contributed by atoms with van der Waals surface area (Å²) in [7, 11) is 0. The predicted molar refractivity (Wildman–Crippen MR) is 68.1 cm³/mol. The van der Waals surface area contributed by atoms with Gasteiger partial charge in [0.1, 0.15) is 12.2 Å². The van der Waals surface area contributed by atoms with Crippen LogP contribution in [0.1, 0.15) is 38.4 Å². The van der Waals surface area contributed by atoms with E-state index < -0.39 is 0 Å². The Morgan fingerprint density at radius 1 is 1.67 bits per heavy atom. The topological polar surface area (TPSA) is 71.8 Å². The molecular formula is C12H21N5O. The summed E-state index contributed by atoms with van der Waals surface area (Å²) in [6.07, 6.45) is 3.74. The molecule has 100 valence electrons. The van der Waals surface area contributed by atoms with E-state index in [1.165, 1.54) is 0 Å². The van der Waals surface area contributed by atoms with E-state index in [1.807, 2.05) is 4.57 Å². The van der Waals surface area contributed by atoms with Crippen molar-refractivity contribution in [2.24, 2.45) is 0 Å². The number of amides is 1. The first kappa shape index (κ1) is 13.0. The molecule has 2 rings (SSSR count). The summed E-state index contributed by atoms with van der Waals surface area (Å²) >= 11 is 0. The van der Waals surface area contributed by atoms with E-state index in [2.05, 4.69) is 34.7 Å². The number of carbonyl (C=O) groups is 1. The monoisotopic (exact) mass is 251 g/mol. The van der Waals surface area contributed by atoms with Crippen molar-refractivity contribution in [2.75, 3.05) is 13.1 Å². The smallest absolute Gasteiger partial charge is 0.237 e. The van der Waals surface area contributed by atoms with E-state index in [1.54, 1.807) is 6.33 Å². The molecule has 1 fully saturated rings. The summed E-state index contributed by atoms with van der Waals surface area (Å²) in [5.41, 5.74) is 0. The first-order chi connectivity index (χ1) is 8.68. The molecule has 1 aromatic heterocycles. The molecule has 6 nitrogen and oxygen atoms in total. The van der Waals surface area contributed by atoms with E-state index in [-0.39, 0.29) is 11.9 Å². The summed E-state index contributed by atoms with van der Waals surface area (Å²) in [4.78, 5) is 11.8. The fourth-order valence-corrected chi connectivity index (χ4v) is 2.21. The van der Waals surface area contributed by atoms with Crippen molar-refractivity contribution in [3.8, 4) is 0 Å². The second kappa shape index (κ2) is 5.95. The van der Waals surface area contributed by atoms with Crippen molar-refractivity contribution in [1.29, 1.82) is 0 Å². The van der Waals surface area contributed by atoms with Crippen molar-refractivity contribution >= 4 is 5.91 Å². The maximum atomic E-state index is 11.8. The van der Waals surface area contributed by atoms with Crippen LogP contribution >= 0.6 is 0 Å². The molecule has 0 aromatic carbocycles. The van der Waals surface area contributed by atoms with Gasteiger partial charge in [0, 0.05) is 19.0 Å². The molecular weight excluding hydrogens is 230 g/mol. The first-order valence-corrected chi connectivity index (χ1v) is 6.57. The van der Waals surface area contributed by atoms with Crippen LogP contribution in [0.3, 0.4) is 0 Å². The minimum atomic E-state index is -0.00418. The molecule has 1 unspecified atom stereocenters. The quantitative estimate of drug-likeness (QED) is 0.788. The lowest BCUT2D eigenvalue weighted by atomic mass is 10.2. The lowest BCUT2D eigenvalue weighted by molar-refractivity contribution is -0.122. The average molecular weight is 251 g/mol. The summed E-state index contributed by atoms with van der Waals surface area (Å²) in [5, 5.41) is 14.1. The van der Waals surface area contributed by atoms with Gasteiger partial charge in [0.05, 0.1) is 6.04 Å². The Hall–Kier alpha value is -1.43. The summed E-state index contributed by atoms with van der Waals surface area (Å²) < 4.78 is 1.99. The fourth-order valence-electron chi connectivity index (χ4n) is 2.21. The molecule has 1 aromatic rings. The number of hydrogen-bond donors (Lipinski definition) is 2. The molecule has 0 radical (unpaired) electrons. The van der Waals surface area contributed by atoms with Crippen LogP contribution in [0.15, 0.2) is 6.33 Å². The van der Waals surface area contributed by atoms with Crippen LogP contribution in [0.5, 0.6) is 0 Å². The first-order valence-electron chi connectivity index (χ1n) is 6.57. The van der Waals surface area contributed by atoms with E-state index in [9.17, 15) is 4.79 Å². The number of aromatic nitrogens is 3. The standard InChI is InChI=1S/C12H21N5O/c1-9(2)11-16-15-8-17(11)7-6-14-12(18)10-4-3-5-13-10/h8-10,13H,3-7H2,1-2H3,(H,14,18). The molecule has 1 atom stereocenters. The highest BCUT2D eigenvalue weighted by atomic mass is 16.2. The molecule has 18 heavy (non-hydrogen) atoms. The molecule has 1 saturated heterocycles. The number of hydrogen-bond acceptors (Lipinski definition) is 4. The Morgan fingerprint density at radius 2 is 2.50 bits per heavy atom. The maximum absolute atomic E-state index is 11.8. The van der Waals surface area contributed by atoms with Gasteiger partial charge < -0.3 is 15.2 Å². The predicted octanol–water partition coefficient (Wildman–Crippen LogP) is 0.270. The fraction of sp³-hybridized carbons (Fsp3) is 0.750. The van der Waals surface area contributed by atoms with Crippen LogP contribution in [0.2, 0.25) is 0 Å². The molecule has 1 amide bonds. The summed E-state index contributed by atoms with van der Waals surface area (Å²) in [6, 6.07) is -0.00418. The normalized spacial score (nSPS) is 19.4. The summed E-state index contributed by atoms with van der Waals surface area (Å²) in [5.74, 6) is 1.41. The van der Waals surface area contributed by atoms with E-state index in [0.29, 0.717) is 12.5 Å². The molecule has 0 spiro atoms. The largest absolute Gasteiger partial charge is 0.353 e. The number of rotatable bonds is 5. The van der Waals surface area contributed by atoms with Gasteiger partial charge in [-0.1, -0.05) is 13.8 Å². The highest BCUT2D eigenvalue weighted by Gasteiger charge is 2.21. The van der Waals surface area contributed by atoms with Gasteiger partial charge in [-0.25, -0.2) is 0 Å². The van der Waals surface area contributed by atoms with Crippen LogP contribution in [0, 0.1) is 0 Å². The number of nitrogens with zero attached hydrogens (tertiary/aromatic N) is 3. The van der Waals surface area contributed by atoms with Crippen molar-refractivity contribution in [3.63, 3.8) is 0 Å². The van der Waals surface area contributed by atoms with Crippen LogP contribution in [-0.2, 0) is 11.3 Å². The average Bonchev–Trinajstić information content (AvgIpc) is 2.99. The molecule has 0 bridgehead atoms. The van der Waals surface area contributed by atoms with Gasteiger partial charge in [0.2, 0.25) is 5.91 Å². The van der Waals surface area contributed by atoms with Crippen LogP contribution in [0.25, 0.3) is 0 Å². The SMILES string of the molecule is CC(C)c1nncn1CCNC(=O)C1CCCN1. The zero-order valence-corrected chi connectivity index (χ0v) is 11.0. The van der Waals surface area contributed by atoms with Crippen LogP contribution in [0.4, 0.5) is 0 Å². The molecule has 6 heteroatoms. The van der Waals surface area contributed by atoms with Gasteiger partial charge in [-0.2, -0.15) is 0 Å².